The molecule has 1 aromatic rings. The number of benzene rings is 1. The van der Waals surface area contributed by atoms with E-state index in [0.717, 1.165) is 18.5 Å². The maximum Gasteiger partial charge on any atom is 0.0649 e. The predicted octanol–water partition coefficient (Wildman–Crippen LogP) is 2.92. The molecule has 1 nitrogen and oxygen atoms in total. The molecule has 1 aliphatic rings. The fourth-order valence-electron chi connectivity index (χ4n) is 1.65. The summed E-state index contributed by atoms with van der Waals surface area (Å²) in [5.41, 5.74) is 4.62. The van der Waals surface area contributed by atoms with Crippen molar-refractivity contribution < 1.29 is 0 Å². The van der Waals surface area contributed by atoms with E-state index in [-0.39, 0.29) is 0 Å². The quantitative estimate of drug-likeness (QED) is 0.643. The van der Waals surface area contributed by atoms with Gasteiger partial charge in [0.15, 0.2) is 0 Å². The maximum atomic E-state index is 5.31. The van der Waals surface area contributed by atoms with Crippen molar-refractivity contribution in [1.29, 1.82) is 0 Å². The highest BCUT2D eigenvalue weighted by Gasteiger charge is 2.08. The fourth-order valence-corrected chi connectivity index (χ4v) is 1.65. The molecule has 0 atom stereocenters. The largest absolute Gasteiger partial charge is 0.285 e. The molecule has 0 amide bonds. The summed E-state index contributed by atoms with van der Waals surface area (Å²) in [5.74, 6) is 2.62. The van der Waals surface area contributed by atoms with Crippen LogP contribution >= 0.6 is 0 Å². The Morgan fingerprint density at radius 1 is 1.33 bits per heavy atom. The van der Waals surface area contributed by atoms with Gasteiger partial charge in [-0.25, -0.2) is 0 Å². The SMILES string of the molecule is C#Cc1ccc(C2=CC(CC)=NC2)cc1. The van der Waals surface area contributed by atoms with Gasteiger partial charge in [0, 0.05) is 11.3 Å². The average molecular weight is 195 g/mol. The van der Waals surface area contributed by atoms with Crippen molar-refractivity contribution in [2.45, 2.75) is 13.3 Å². The molecule has 1 aromatic carbocycles. The van der Waals surface area contributed by atoms with Gasteiger partial charge in [0.05, 0.1) is 6.54 Å². The number of rotatable bonds is 2. The smallest absolute Gasteiger partial charge is 0.0649 e. The highest BCUT2D eigenvalue weighted by Crippen LogP contribution is 2.20. The van der Waals surface area contributed by atoms with Crippen LogP contribution in [0.5, 0.6) is 0 Å². The number of aliphatic imine (C=N–C) groups is 1. The van der Waals surface area contributed by atoms with Crippen molar-refractivity contribution in [3.63, 3.8) is 0 Å². The van der Waals surface area contributed by atoms with Crippen LogP contribution in [-0.2, 0) is 0 Å². The number of hydrogen-bond donors (Lipinski definition) is 0. The fraction of sp³-hybridized carbons (Fsp3) is 0.214. The Bertz CT molecular complexity index is 455. The van der Waals surface area contributed by atoms with Crippen LogP contribution in [0.4, 0.5) is 0 Å². The molecule has 2 rings (SSSR count). The summed E-state index contributed by atoms with van der Waals surface area (Å²) in [6.45, 7) is 2.93. The van der Waals surface area contributed by atoms with Gasteiger partial charge in [0.1, 0.15) is 0 Å². The minimum atomic E-state index is 0.804. The first-order valence-electron chi connectivity index (χ1n) is 5.14. The zero-order valence-corrected chi connectivity index (χ0v) is 8.83. The zero-order chi connectivity index (χ0) is 10.7. The first kappa shape index (κ1) is 9.73. The van der Waals surface area contributed by atoms with Crippen molar-refractivity contribution in [3.05, 3.63) is 41.5 Å². The minimum absolute atomic E-state index is 0.804. The summed E-state index contributed by atoms with van der Waals surface area (Å²) in [6, 6.07) is 8.07. The Labute approximate surface area is 90.6 Å². The molecule has 0 saturated carbocycles. The van der Waals surface area contributed by atoms with Gasteiger partial charge in [-0.1, -0.05) is 25.0 Å². The Morgan fingerprint density at radius 2 is 2.07 bits per heavy atom. The van der Waals surface area contributed by atoms with Crippen molar-refractivity contribution >= 4 is 11.3 Å². The van der Waals surface area contributed by atoms with E-state index in [9.17, 15) is 0 Å². The van der Waals surface area contributed by atoms with Crippen LogP contribution in [-0.4, -0.2) is 12.3 Å². The van der Waals surface area contributed by atoms with Gasteiger partial charge in [0.2, 0.25) is 0 Å². The first-order valence-corrected chi connectivity index (χ1v) is 5.14. The molecule has 0 unspecified atom stereocenters. The Morgan fingerprint density at radius 3 is 2.60 bits per heavy atom. The molecule has 1 heterocycles. The second-order valence-corrected chi connectivity index (χ2v) is 3.55. The van der Waals surface area contributed by atoms with Crippen LogP contribution in [0.25, 0.3) is 5.57 Å². The Kier molecular flexibility index (Phi) is 2.69. The molecule has 0 spiro atoms. The highest BCUT2D eigenvalue weighted by molar-refractivity contribution is 6.04. The van der Waals surface area contributed by atoms with E-state index in [4.69, 9.17) is 6.42 Å². The summed E-state index contributed by atoms with van der Waals surface area (Å²) in [4.78, 5) is 4.44. The molecule has 0 aromatic heterocycles. The topological polar surface area (TPSA) is 12.4 Å². The second-order valence-electron chi connectivity index (χ2n) is 3.55. The molecular formula is C14H13N. The standard InChI is InChI=1S/C14H13N/c1-3-11-5-7-12(8-6-11)13-9-14(4-2)15-10-13/h1,5-9H,4,10H2,2H3. The lowest BCUT2D eigenvalue weighted by atomic mass is 10.0. The van der Waals surface area contributed by atoms with E-state index in [2.05, 4.69) is 36.0 Å². The van der Waals surface area contributed by atoms with Gasteiger partial charge in [-0.3, -0.25) is 4.99 Å². The third-order valence-corrected chi connectivity index (χ3v) is 2.58. The van der Waals surface area contributed by atoms with Crippen molar-refractivity contribution in [3.8, 4) is 12.3 Å². The lowest BCUT2D eigenvalue weighted by Crippen LogP contribution is -1.86. The van der Waals surface area contributed by atoms with Crippen molar-refractivity contribution in [2.75, 3.05) is 6.54 Å². The van der Waals surface area contributed by atoms with E-state index in [1.165, 1.54) is 16.8 Å². The van der Waals surface area contributed by atoms with Crippen molar-refractivity contribution in [2.24, 2.45) is 4.99 Å². The molecule has 1 aliphatic heterocycles. The van der Waals surface area contributed by atoms with Crippen molar-refractivity contribution in [1.82, 2.24) is 0 Å². The number of nitrogens with zero attached hydrogens (tertiary/aromatic N) is 1. The van der Waals surface area contributed by atoms with E-state index < -0.39 is 0 Å². The van der Waals surface area contributed by atoms with Gasteiger partial charge in [0.25, 0.3) is 0 Å². The third kappa shape index (κ3) is 1.99. The monoisotopic (exact) mass is 195 g/mol. The Hall–Kier alpha value is -1.81. The van der Waals surface area contributed by atoms with Gasteiger partial charge < -0.3 is 0 Å². The summed E-state index contributed by atoms with van der Waals surface area (Å²) in [6.07, 6.45) is 8.49. The highest BCUT2D eigenvalue weighted by atomic mass is 14.8. The predicted molar refractivity (Wildman–Crippen MR) is 64.9 cm³/mol. The van der Waals surface area contributed by atoms with E-state index in [0.29, 0.717) is 0 Å². The third-order valence-electron chi connectivity index (χ3n) is 2.58. The lowest BCUT2D eigenvalue weighted by molar-refractivity contribution is 1.23. The molecular weight excluding hydrogens is 182 g/mol. The molecule has 15 heavy (non-hydrogen) atoms. The maximum absolute atomic E-state index is 5.31. The Balaban J connectivity index is 2.23. The molecule has 0 saturated heterocycles. The van der Waals surface area contributed by atoms with E-state index >= 15 is 0 Å². The lowest BCUT2D eigenvalue weighted by Gasteiger charge is -2.00. The summed E-state index contributed by atoms with van der Waals surface area (Å²) < 4.78 is 0. The van der Waals surface area contributed by atoms with Gasteiger partial charge in [-0.05, 0) is 35.8 Å². The number of allylic oxidation sites excluding steroid dienone is 1. The van der Waals surface area contributed by atoms with Crippen LogP contribution in [0.3, 0.4) is 0 Å². The minimum Gasteiger partial charge on any atom is -0.285 e. The van der Waals surface area contributed by atoms with Crippen LogP contribution < -0.4 is 0 Å². The molecule has 0 radical (unpaired) electrons. The van der Waals surface area contributed by atoms with E-state index in [1.807, 2.05) is 12.1 Å². The van der Waals surface area contributed by atoms with Gasteiger partial charge >= 0.3 is 0 Å². The van der Waals surface area contributed by atoms with Crippen LogP contribution in [0.15, 0.2) is 35.3 Å². The van der Waals surface area contributed by atoms with Gasteiger partial charge in [-0.2, -0.15) is 0 Å². The normalized spacial score (nSPS) is 14.4. The van der Waals surface area contributed by atoms with Gasteiger partial charge in [-0.15, -0.1) is 6.42 Å². The van der Waals surface area contributed by atoms with Crippen LogP contribution in [0.2, 0.25) is 0 Å². The summed E-state index contributed by atoms with van der Waals surface area (Å²) in [7, 11) is 0. The molecule has 0 aliphatic carbocycles. The average Bonchev–Trinajstić information content (AvgIpc) is 2.78. The molecule has 0 N–H and O–H groups in total. The first-order chi connectivity index (χ1) is 7.33. The zero-order valence-electron chi connectivity index (χ0n) is 8.83. The molecule has 0 bridgehead atoms. The number of terminal acetylenes is 1. The summed E-state index contributed by atoms with van der Waals surface area (Å²) in [5, 5.41) is 0. The van der Waals surface area contributed by atoms with Crippen LogP contribution in [0.1, 0.15) is 24.5 Å². The van der Waals surface area contributed by atoms with E-state index in [1.54, 1.807) is 0 Å². The molecule has 74 valence electrons. The summed E-state index contributed by atoms with van der Waals surface area (Å²) >= 11 is 0. The van der Waals surface area contributed by atoms with Crippen LogP contribution in [0, 0.1) is 12.3 Å². The molecule has 0 fully saturated rings. The number of hydrogen-bond acceptors (Lipinski definition) is 1. The molecule has 1 heteroatoms. The second kappa shape index (κ2) is 4.14.